The maximum atomic E-state index is 6.07. The smallest absolute Gasteiger partial charge is 0.0965 e. The van der Waals surface area contributed by atoms with Crippen LogP contribution in [-0.4, -0.2) is 10.7 Å². The predicted molar refractivity (Wildman–Crippen MR) is 68.0 cm³/mol. The molecular formula is C10H8Cl2N2S. The van der Waals surface area contributed by atoms with E-state index in [0.717, 1.165) is 29.1 Å². The lowest BCUT2D eigenvalue weighted by Gasteiger charge is -2.14. The highest BCUT2D eigenvalue weighted by Gasteiger charge is 2.13. The topological polar surface area (TPSA) is 24.4 Å². The van der Waals surface area contributed by atoms with Crippen molar-refractivity contribution in [1.29, 1.82) is 0 Å². The van der Waals surface area contributed by atoms with Gasteiger partial charge >= 0.3 is 0 Å². The maximum Gasteiger partial charge on any atom is 0.0965 e. The fourth-order valence-corrected chi connectivity index (χ4v) is 2.06. The zero-order valence-corrected chi connectivity index (χ0v) is 10.1. The van der Waals surface area contributed by atoms with E-state index in [0.29, 0.717) is 10.0 Å². The van der Waals surface area contributed by atoms with Crippen molar-refractivity contribution >= 4 is 46.1 Å². The number of hydrogen-bond donors (Lipinski definition) is 1. The summed E-state index contributed by atoms with van der Waals surface area (Å²) < 4.78 is 0. The first kappa shape index (κ1) is 10.9. The fraction of sp³-hybridized carbons (Fsp3) is 0.200. The van der Waals surface area contributed by atoms with Gasteiger partial charge in [0.1, 0.15) is 0 Å². The molecule has 15 heavy (non-hydrogen) atoms. The van der Waals surface area contributed by atoms with Crippen LogP contribution in [-0.2, 0) is 0 Å². The summed E-state index contributed by atoms with van der Waals surface area (Å²) in [7, 11) is 0. The number of nitrogens with zero attached hydrogens (tertiary/aromatic N) is 1. The van der Waals surface area contributed by atoms with Crippen molar-refractivity contribution in [2.24, 2.45) is 5.10 Å². The largest absolute Gasteiger partial charge is 0.271 e. The number of benzene rings is 1. The van der Waals surface area contributed by atoms with Crippen LogP contribution in [0.5, 0.6) is 0 Å². The summed E-state index contributed by atoms with van der Waals surface area (Å²) in [6.45, 7) is 0. The van der Waals surface area contributed by atoms with Crippen LogP contribution in [0.3, 0.4) is 0 Å². The van der Waals surface area contributed by atoms with Gasteiger partial charge in [-0.25, -0.2) is 0 Å². The molecule has 78 valence electrons. The lowest BCUT2D eigenvalue weighted by atomic mass is 10.0. The Labute approximate surface area is 103 Å². The van der Waals surface area contributed by atoms with E-state index in [1.54, 1.807) is 12.1 Å². The van der Waals surface area contributed by atoms with Crippen molar-refractivity contribution < 1.29 is 0 Å². The molecule has 2 nitrogen and oxygen atoms in total. The average Bonchev–Trinajstić information content (AvgIpc) is 2.20. The molecule has 0 radical (unpaired) electrons. The lowest BCUT2D eigenvalue weighted by molar-refractivity contribution is 0.927. The van der Waals surface area contributed by atoms with Gasteiger partial charge in [0.05, 0.1) is 15.7 Å². The van der Waals surface area contributed by atoms with E-state index in [-0.39, 0.29) is 0 Å². The Hall–Kier alpha value is -0.640. The van der Waals surface area contributed by atoms with Gasteiger partial charge in [0.15, 0.2) is 0 Å². The van der Waals surface area contributed by atoms with Gasteiger partial charge < -0.3 is 0 Å². The van der Waals surface area contributed by atoms with Gasteiger partial charge in [0, 0.05) is 17.0 Å². The van der Waals surface area contributed by atoms with E-state index in [9.17, 15) is 0 Å². The first-order valence-corrected chi connectivity index (χ1v) is 5.64. The monoisotopic (exact) mass is 258 g/mol. The summed E-state index contributed by atoms with van der Waals surface area (Å²) in [4.78, 5) is 0.767. The summed E-state index contributed by atoms with van der Waals surface area (Å²) in [5.74, 6) is 0. The van der Waals surface area contributed by atoms with Crippen LogP contribution in [0.4, 0.5) is 0 Å². The molecule has 1 aromatic carbocycles. The van der Waals surface area contributed by atoms with E-state index in [2.05, 4.69) is 10.5 Å². The van der Waals surface area contributed by atoms with Crippen LogP contribution < -0.4 is 5.43 Å². The van der Waals surface area contributed by atoms with Gasteiger partial charge in [-0.05, 0) is 18.6 Å². The molecule has 1 aromatic rings. The Morgan fingerprint density at radius 3 is 2.67 bits per heavy atom. The molecule has 0 atom stereocenters. The van der Waals surface area contributed by atoms with Crippen LogP contribution in [0.25, 0.3) is 0 Å². The highest BCUT2D eigenvalue weighted by atomic mass is 35.5. The van der Waals surface area contributed by atoms with Crippen LogP contribution >= 0.6 is 35.4 Å². The van der Waals surface area contributed by atoms with Gasteiger partial charge in [-0.3, -0.25) is 5.43 Å². The minimum atomic E-state index is 0.621. The molecule has 1 aliphatic rings. The maximum absolute atomic E-state index is 6.07. The molecule has 0 saturated heterocycles. The molecule has 0 spiro atoms. The summed E-state index contributed by atoms with van der Waals surface area (Å²) >= 11 is 16.9. The Kier molecular flexibility index (Phi) is 3.24. The van der Waals surface area contributed by atoms with Crippen molar-refractivity contribution in [2.45, 2.75) is 12.8 Å². The quantitative estimate of drug-likeness (QED) is 0.781. The van der Waals surface area contributed by atoms with Crippen molar-refractivity contribution in [3.8, 4) is 0 Å². The van der Waals surface area contributed by atoms with Gasteiger partial charge in [0.2, 0.25) is 0 Å². The molecule has 0 aromatic heterocycles. The highest BCUT2D eigenvalue weighted by molar-refractivity contribution is 7.80. The molecule has 2 rings (SSSR count). The molecule has 0 unspecified atom stereocenters. The number of hydrogen-bond acceptors (Lipinski definition) is 2. The summed E-state index contributed by atoms with van der Waals surface area (Å²) in [6, 6.07) is 5.39. The Balaban J connectivity index is 2.34. The van der Waals surface area contributed by atoms with Gasteiger partial charge in [-0.1, -0.05) is 41.5 Å². The number of halogens is 2. The highest BCUT2D eigenvalue weighted by Crippen LogP contribution is 2.23. The third-order valence-electron chi connectivity index (χ3n) is 2.15. The molecular weight excluding hydrogens is 251 g/mol. The minimum absolute atomic E-state index is 0.621. The Bertz CT molecular complexity index is 443. The van der Waals surface area contributed by atoms with E-state index >= 15 is 0 Å². The summed E-state index contributed by atoms with van der Waals surface area (Å²) in [5.41, 5.74) is 4.63. The molecule has 0 amide bonds. The summed E-state index contributed by atoms with van der Waals surface area (Å²) in [5, 5.41) is 5.42. The van der Waals surface area contributed by atoms with Crippen molar-refractivity contribution in [2.75, 3.05) is 0 Å². The lowest BCUT2D eigenvalue weighted by Crippen LogP contribution is -2.24. The summed E-state index contributed by atoms with van der Waals surface area (Å²) in [6.07, 6.45) is 1.63. The third-order valence-corrected chi connectivity index (χ3v) is 2.99. The average molecular weight is 259 g/mol. The second-order valence-electron chi connectivity index (χ2n) is 3.22. The second-order valence-corrected chi connectivity index (χ2v) is 4.55. The second kappa shape index (κ2) is 4.47. The molecule has 0 aliphatic carbocycles. The molecule has 5 heteroatoms. The molecule has 0 fully saturated rings. The van der Waals surface area contributed by atoms with E-state index in [1.165, 1.54) is 0 Å². The third kappa shape index (κ3) is 2.48. The number of hydrazone groups is 1. The van der Waals surface area contributed by atoms with Crippen molar-refractivity contribution in [3.63, 3.8) is 0 Å². The standard InChI is InChI=1S/C10H8Cl2N2S/c11-6-1-2-7(8(12)5-6)9-3-4-10(15)14-13-9/h1-2,5H,3-4H2,(H,14,15). The van der Waals surface area contributed by atoms with Crippen LogP contribution in [0, 0.1) is 0 Å². The minimum Gasteiger partial charge on any atom is -0.271 e. The number of rotatable bonds is 1. The zero-order valence-electron chi connectivity index (χ0n) is 7.76. The van der Waals surface area contributed by atoms with Gasteiger partial charge in [-0.2, -0.15) is 5.10 Å². The van der Waals surface area contributed by atoms with E-state index in [1.807, 2.05) is 6.07 Å². The Morgan fingerprint density at radius 2 is 2.07 bits per heavy atom. The molecule has 1 heterocycles. The van der Waals surface area contributed by atoms with Gasteiger partial charge in [0.25, 0.3) is 0 Å². The van der Waals surface area contributed by atoms with Crippen LogP contribution in [0.1, 0.15) is 18.4 Å². The normalized spacial score (nSPS) is 15.9. The van der Waals surface area contributed by atoms with E-state index in [4.69, 9.17) is 35.4 Å². The first-order valence-electron chi connectivity index (χ1n) is 4.47. The predicted octanol–water partition coefficient (Wildman–Crippen LogP) is 3.41. The molecule has 0 bridgehead atoms. The molecule has 0 saturated carbocycles. The zero-order chi connectivity index (χ0) is 10.8. The van der Waals surface area contributed by atoms with Crippen molar-refractivity contribution in [3.05, 3.63) is 33.8 Å². The first-order chi connectivity index (χ1) is 7.16. The number of nitrogens with one attached hydrogen (secondary N) is 1. The molecule has 1 N–H and O–H groups in total. The Morgan fingerprint density at radius 1 is 1.27 bits per heavy atom. The SMILES string of the molecule is S=C1CCC(c2ccc(Cl)cc2Cl)=NN1. The number of thiocarbonyl (C=S) groups is 1. The molecule has 1 aliphatic heterocycles. The van der Waals surface area contributed by atoms with Crippen molar-refractivity contribution in [1.82, 2.24) is 5.43 Å². The van der Waals surface area contributed by atoms with Crippen LogP contribution in [0.15, 0.2) is 23.3 Å². The van der Waals surface area contributed by atoms with Crippen LogP contribution in [0.2, 0.25) is 10.0 Å². The van der Waals surface area contributed by atoms with Gasteiger partial charge in [-0.15, -0.1) is 0 Å². The van der Waals surface area contributed by atoms with E-state index < -0.39 is 0 Å². The fourth-order valence-electron chi connectivity index (χ4n) is 1.39.